The van der Waals surface area contributed by atoms with Crippen molar-refractivity contribution in [3.8, 4) is 0 Å². The second-order valence-corrected chi connectivity index (χ2v) is 5.46. The zero-order valence-corrected chi connectivity index (χ0v) is 11.5. The van der Waals surface area contributed by atoms with Crippen LogP contribution in [0.3, 0.4) is 0 Å². The van der Waals surface area contributed by atoms with Crippen LogP contribution in [0, 0.1) is 0 Å². The summed E-state index contributed by atoms with van der Waals surface area (Å²) >= 11 is 4.22. The van der Waals surface area contributed by atoms with E-state index < -0.39 is 0 Å². The Hall–Kier alpha value is -1.15. The lowest BCUT2D eigenvalue weighted by Gasteiger charge is -2.10. The highest BCUT2D eigenvalue weighted by Gasteiger charge is 2.14. The number of aryl methyl sites for hydroxylation is 2. The van der Waals surface area contributed by atoms with Crippen LogP contribution < -0.4 is 0 Å². The van der Waals surface area contributed by atoms with E-state index in [1.807, 2.05) is 0 Å². The Kier molecular flexibility index (Phi) is 3.46. The Morgan fingerprint density at radius 1 is 1.22 bits per heavy atom. The molecule has 0 amide bonds. The first-order chi connectivity index (χ1) is 8.88. The van der Waals surface area contributed by atoms with E-state index in [1.165, 1.54) is 47.8 Å². The molecule has 0 aliphatic heterocycles. The molecule has 1 aromatic heterocycles. The fraction of sp³-hybridized carbons (Fsp3) is 0.375. The smallest absolute Gasteiger partial charge is 0.0459 e. The number of allylic oxidation sites excluding steroid dienone is 1. The van der Waals surface area contributed by atoms with Crippen LogP contribution in [0.2, 0.25) is 0 Å². The molecular formula is C16H19NS. The monoisotopic (exact) mass is 257 g/mol. The van der Waals surface area contributed by atoms with Gasteiger partial charge in [-0.15, -0.1) is 0 Å². The molecule has 0 spiro atoms. The topological polar surface area (TPSA) is 15.8 Å². The van der Waals surface area contributed by atoms with Gasteiger partial charge in [0, 0.05) is 16.6 Å². The van der Waals surface area contributed by atoms with E-state index in [2.05, 4.69) is 48.0 Å². The van der Waals surface area contributed by atoms with Crippen LogP contribution in [0.1, 0.15) is 36.1 Å². The van der Waals surface area contributed by atoms with Gasteiger partial charge in [0.2, 0.25) is 0 Å². The molecule has 1 aliphatic carbocycles. The number of nitrogens with one attached hydrogen (secondary N) is 1. The minimum atomic E-state index is 0.915. The molecule has 2 heteroatoms. The molecule has 1 heterocycles. The van der Waals surface area contributed by atoms with Crippen LogP contribution >= 0.6 is 12.6 Å². The quantitative estimate of drug-likeness (QED) is 0.759. The molecule has 0 fully saturated rings. The third kappa shape index (κ3) is 2.22. The van der Waals surface area contributed by atoms with Gasteiger partial charge < -0.3 is 4.98 Å². The molecule has 2 aromatic rings. The van der Waals surface area contributed by atoms with Gasteiger partial charge in [0.15, 0.2) is 0 Å². The molecule has 0 atom stereocenters. The van der Waals surface area contributed by atoms with Crippen molar-refractivity contribution < 1.29 is 0 Å². The summed E-state index contributed by atoms with van der Waals surface area (Å²) in [5, 5.41) is 1.43. The van der Waals surface area contributed by atoms with Crippen LogP contribution in [0.5, 0.6) is 0 Å². The van der Waals surface area contributed by atoms with Crippen LogP contribution in [0.4, 0.5) is 0 Å². The summed E-state index contributed by atoms with van der Waals surface area (Å²) in [5.41, 5.74) is 5.62. The van der Waals surface area contributed by atoms with Gasteiger partial charge in [-0.1, -0.05) is 18.2 Å². The minimum Gasteiger partial charge on any atom is -0.358 e. The molecular weight excluding hydrogens is 238 g/mol. The summed E-state index contributed by atoms with van der Waals surface area (Å²) in [5.74, 6) is 0.915. The largest absolute Gasteiger partial charge is 0.358 e. The van der Waals surface area contributed by atoms with Crippen LogP contribution in [0.25, 0.3) is 17.0 Å². The first-order valence-corrected chi connectivity index (χ1v) is 7.42. The van der Waals surface area contributed by atoms with Crippen molar-refractivity contribution in [1.29, 1.82) is 0 Å². The SMILES string of the molecule is SCCC=Cc1ccc2[nH]c3c(c2c1)CCCC3. The van der Waals surface area contributed by atoms with E-state index in [0.29, 0.717) is 0 Å². The first kappa shape index (κ1) is 11.9. The number of rotatable bonds is 3. The highest BCUT2D eigenvalue weighted by Crippen LogP contribution is 2.29. The summed E-state index contributed by atoms with van der Waals surface area (Å²) in [6.07, 6.45) is 10.6. The number of aromatic nitrogens is 1. The standard InChI is InChI=1S/C16H19NS/c18-10-4-3-5-12-8-9-16-14(11-12)13-6-1-2-7-15(13)17-16/h3,5,8-9,11,17-18H,1-2,4,6-7,10H2. The maximum Gasteiger partial charge on any atom is 0.0459 e. The predicted octanol–water partition coefficient (Wildman–Crippen LogP) is 4.38. The summed E-state index contributed by atoms with van der Waals surface area (Å²) in [6.45, 7) is 0. The van der Waals surface area contributed by atoms with Gasteiger partial charge in [-0.25, -0.2) is 0 Å². The highest BCUT2D eigenvalue weighted by molar-refractivity contribution is 7.80. The molecule has 0 radical (unpaired) electrons. The van der Waals surface area contributed by atoms with E-state index in [-0.39, 0.29) is 0 Å². The van der Waals surface area contributed by atoms with Gasteiger partial charge >= 0.3 is 0 Å². The number of H-pyrrole nitrogens is 1. The highest BCUT2D eigenvalue weighted by atomic mass is 32.1. The lowest BCUT2D eigenvalue weighted by atomic mass is 9.95. The molecule has 0 bridgehead atoms. The zero-order valence-electron chi connectivity index (χ0n) is 10.6. The van der Waals surface area contributed by atoms with Gasteiger partial charge in [0.05, 0.1) is 0 Å². The fourth-order valence-electron chi connectivity index (χ4n) is 2.82. The van der Waals surface area contributed by atoms with Crippen molar-refractivity contribution in [1.82, 2.24) is 4.98 Å². The zero-order chi connectivity index (χ0) is 12.4. The molecule has 1 aromatic carbocycles. The van der Waals surface area contributed by atoms with Crippen LogP contribution in [-0.4, -0.2) is 10.7 Å². The Labute approximate surface area is 114 Å². The number of fused-ring (bicyclic) bond motifs is 3. The van der Waals surface area contributed by atoms with Crippen molar-refractivity contribution in [2.75, 3.05) is 5.75 Å². The molecule has 1 nitrogen and oxygen atoms in total. The molecule has 0 saturated carbocycles. The Bertz CT molecular complexity index is 580. The van der Waals surface area contributed by atoms with E-state index in [1.54, 1.807) is 5.56 Å². The molecule has 0 saturated heterocycles. The van der Waals surface area contributed by atoms with Crippen molar-refractivity contribution in [2.45, 2.75) is 32.1 Å². The first-order valence-electron chi connectivity index (χ1n) is 6.79. The molecule has 1 N–H and O–H groups in total. The maximum absolute atomic E-state index is 4.22. The number of aromatic amines is 1. The lowest BCUT2D eigenvalue weighted by molar-refractivity contribution is 0.680. The van der Waals surface area contributed by atoms with Crippen LogP contribution in [0.15, 0.2) is 24.3 Å². The number of hydrogen-bond acceptors (Lipinski definition) is 1. The van der Waals surface area contributed by atoms with Gasteiger partial charge in [-0.2, -0.15) is 12.6 Å². The second kappa shape index (κ2) is 5.23. The predicted molar refractivity (Wildman–Crippen MR) is 82.4 cm³/mol. The second-order valence-electron chi connectivity index (χ2n) is 5.01. The molecule has 18 heavy (non-hydrogen) atoms. The van der Waals surface area contributed by atoms with Gasteiger partial charge in [-0.05, 0) is 61.1 Å². The Morgan fingerprint density at radius 3 is 3.00 bits per heavy atom. The molecule has 3 rings (SSSR count). The van der Waals surface area contributed by atoms with Crippen molar-refractivity contribution in [3.63, 3.8) is 0 Å². The van der Waals surface area contributed by atoms with E-state index >= 15 is 0 Å². The number of thiol groups is 1. The summed E-state index contributed by atoms with van der Waals surface area (Å²) in [7, 11) is 0. The summed E-state index contributed by atoms with van der Waals surface area (Å²) in [6, 6.07) is 6.73. The third-order valence-corrected chi connectivity index (χ3v) is 3.99. The Balaban J connectivity index is 2.00. The maximum atomic E-state index is 4.22. The van der Waals surface area contributed by atoms with Crippen molar-refractivity contribution in [3.05, 3.63) is 41.1 Å². The lowest BCUT2D eigenvalue weighted by Crippen LogP contribution is -1.99. The van der Waals surface area contributed by atoms with E-state index in [9.17, 15) is 0 Å². The fourth-order valence-corrected chi connectivity index (χ4v) is 2.97. The average molecular weight is 257 g/mol. The average Bonchev–Trinajstić information content (AvgIpc) is 2.77. The summed E-state index contributed by atoms with van der Waals surface area (Å²) in [4.78, 5) is 3.57. The summed E-state index contributed by atoms with van der Waals surface area (Å²) < 4.78 is 0. The minimum absolute atomic E-state index is 0.915. The number of benzene rings is 1. The molecule has 1 aliphatic rings. The van der Waals surface area contributed by atoms with Gasteiger partial charge in [0.25, 0.3) is 0 Å². The van der Waals surface area contributed by atoms with Crippen molar-refractivity contribution in [2.24, 2.45) is 0 Å². The van der Waals surface area contributed by atoms with Gasteiger partial charge in [-0.3, -0.25) is 0 Å². The third-order valence-electron chi connectivity index (χ3n) is 3.73. The molecule has 0 unspecified atom stereocenters. The van der Waals surface area contributed by atoms with Crippen LogP contribution in [-0.2, 0) is 12.8 Å². The molecule has 94 valence electrons. The number of hydrogen-bond donors (Lipinski definition) is 2. The normalized spacial score (nSPS) is 15.4. The van der Waals surface area contributed by atoms with E-state index in [4.69, 9.17) is 0 Å². The Morgan fingerprint density at radius 2 is 2.11 bits per heavy atom. The van der Waals surface area contributed by atoms with E-state index in [0.717, 1.165) is 12.2 Å². The van der Waals surface area contributed by atoms with Crippen molar-refractivity contribution >= 4 is 29.6 Å². The van der Waals surface area contributed by atoms with Gasteiger partial charge in [0.1, 0.15) is 0 Å².